The highest BCUT2D eigenvalue weighted by Gasteiger charge is 2.28. The quantitative estimate of drug-likeness (QED) is 0.763. The molecule has 0 spiro atoms. The predicted molar refractivity (Wildman–Crippen MR) is 57.2 cm³/mol. The second-order valence-corrected chi connectivity index (χ2v) is 4.22. The van der Waals surface area contributed by atoms with Gasteiger partial charge in [0, 0.05) is 19.4 Å². The Labute approximate surface area is 85.0 Å². The first-order chi connectivity index (χ1) is 6.49. The summed E-state index contributed by atoms with van der Waals surface area (Å²) >= 11 is 0. The third-order valence-corrected chi connectivity index (χ3v) is 2.82. The molecule has 0 aliphatic heterocycles. The second-order valence-electron chi connectivity index (χ2n) is 4.22. The summed E-state index contributed by atoms with van der Waals surface area (Å²) in [5, 5.41) is 12.6. The van der Waals surface area contributed by atoms with Crippen LogP contribution >= 0.6 is 0 Å². The Morgan fingerprint density at radius 3 is 2.64 bits per heavy atom. The maximum absolute atomic E-state index is 9.35. The van der Waals surface area contributed by atoms with Crippen molar-refractivity contribution in [2.45, 2.75) is 26.3 Å². The van der Waals surface area contributed by atoms with Crippen molar-refractivity contribution < 1.29 is 5.11 Å². The molecule has 0 amide bonds. The zero-order chi connectivity index (χ0) is 10.8. The molecule has 1 aromatic rings. The Balaban J connectivity index is 2.80. The zero-order valence-electron chi connectivity index (χ0n) is 9.28. The van der Waals surface area contributed by atoms with Gasteiger partial charge in [0.1, 0.15) is 0 Å². The standard InChI is InChI=1S/C10H19N3O/c1-8(2)10(3,7-14)12-9-11-5-6-13(9)4/h5-6,8,14H,7H2,1-4H3,(H,11,12). The molecule has 0 radical (unpaired) electrons. The molecule has 0 fully saturated rings. The Kier molecular flexibility index (Phi) is 3.16. The lowest BCUT2D eigenvalue weighted by molar-refractivity contribution is 0.185. The van der Waals surface area contributed by atoms with Crippen LogP contribution in [-0.2, 0) is 7.05 Å². The van der Waals surface area contributed by atoms with E-state index in [1.807, 2.05) is 24.7 Å². The summed E-state index contributed by atoms with van der Waals surface area (Å²) in [4.78, 5) is 4.17. The number of imidazole rings is 1. The van der Waals surface area contributed by atoms with Crippen molar-refractivity contribution in [3.8, 4) is 0 Å². The van der Waals surface area contributed by atoms with Crippen LogP contribution < -0.4 is 5.32 Å². The fourth-order valence-electron chi connectivity index (χ4n) is 1.11. The SMILES string of the molecule is CC(C)C(C)(CO)Nc1nccn1C. The van der Waals surface area contributed by atoms with Gasteiger partial charge in [0.2, 0.25) is 5.95 Å². The summed E-state index contributed by atoms with van der Waals surface area (Å²) in [6.07, 6.45) is 3.61. The molecule has 0 bridgehead atoms. The number of nitrogens with one attached hydrogen (secondary N) is 1. The highest BCUT2D eigenvalue weighted by molar-refractivity contribution is 5.30. The van der Waals surface area contributed by atoms with E-state index in [1.165, 1.54) is 0 Å². The van der Waals surface area contributed by atoms with Crippen LogP contribution in [0.3, 0.4) is 0 Å². The van der Waals surface area contributed by atoms with Gasteiger partial charge in [0.25, 0.3) is 0 Å². The van der Waals surface area contributed by atoms with Crippen LogP contribution in [0.5, 0.6) is 0 Å². The zero-order valence-corrected chi connectivity index (χ0v) is 9.28. The first-order valence-electron chi connectivity index (χ1n) is 4.86. The highest BCUT2D eigenvalue weighted by atomic mass is 16.3. The van der Waals surface area contributed by atoms with Gasteiger partial charge in [-0.1, -0.05) is 13.8 Å². The van der Waals surface area contributed by atoms with E-state index in [0.717, 1.165) is 5.95 Å². The minimum absolute atomic E-state index is 0.0948. The van der Waals surface area contributed by atoms with Gasteiger partial charge in [0.05, 0.1) is 12.1 Å². The molecular formula is C10H19N3O. The van der Waals surface area contributed by atoms with Gasteiger partial charge in [-0.15, -0.1) is 0 Å². The maximum atomic E-state index is 9.35. The number of aliphatic hydroxyl groups excluding tert-OH is 1. The molecule has 14 heavy (non-hydrogen) atoms. The molecule has 0 aliphatic rings. The summed E-state index contributed by atoms with van der Waals surface area (Å²) in [5.74, 6) is 1.12. The maximum Gasteiger partial charge on any atom is 0.203 e. The molecule has 4 heteroatoms. The third-order valence-electron chi connectivity index (χ3n) is 2.82. The lowest BCUT2D eigenvalue weighted by Crippen LogP contribution is -2.44. The first-order valence-corrected chi connectivity index (χ1v) is 4.86. The van der Waals surface area contributed by atoms with Crippen LogP contribution in [-0.4, -0.2) is 26.8 Å². The van der Waals surface area contributed by atoms with Crippen LogP contribution in [0, 0.1) is 5.92 Å². The van der Waals surface area contributed by atoms with Crippen molar-refractivity contribution in [2.24, 2.45) is 13.0 Å². The topological polar surface area (TPSA) is 50.1 Å². The summed E-state index contributed by atoms with van der Waals surface area (Å²) < 4.78 is 1.90. The average Bonchev–Trinajstić information content (AvgIpc) is 2.51. The van der Waals surface area contributed by atoms with Gasteiger partial charge in [-0.2, -0.15) is 0 Å². The number of aryl methyl sites for hydroxylation is 1. The molecule has 0 aromatic carbocycles. The minimum Gasteiger partial charge on any atom is -0.394 e. The van der Waals surface area contributed by atoms with Crippen LogP contribution in [0.15, 0.2) is 12.4 Å². The number of anilines is 1. The Hall–Kier alpha value is -1.03. The molecule has 0 saturated heterocycles. The number of hydrogen-bond acceptors (Lipinski definition) is 3. The molecule has 0 saturated carbocycles. The van der Waals surface area contributed by atoms with Gasteiger partial charge in [-0.05, 0) is 12.8 Å². The van der Waals surface area contributed by atoms with Crippen molar-refractivity contribution >= 4 is 5.95 Å². The van der Waals surface area contributed by atoms with E-state index in [4.69, 9.17) is 0 Å². The Bertz CT molecular complexity index is 295. The van der Waals surface area contributed by atoms with Crippen molar-refractivity contribution in [3.05, 3.63) is 12.4 Å². The van der Waals surface area contributed by atoms with Gasteiger partial charge >= 0.3 is 0 Å². The second kappa shape index (κ2) is 4.00. The molecule has 1 rings (SSSR count). The number of aromatic nitrogens is 2. The summed E-state index contributed by atoms with van der Waals surface area (Å²) in [6.45, 7) is 6.24. The predicted octanol–water partition coefficient (Wildman–Crippen LogP) is 1.24. The van der Waals surface area contributed by atoms with Crippen molar-refractivity contribution in [3.63, 3.8) is 0 Å². The number of rotatable bonds is 4. The monoisotopic (exact) mass is 197 g/mol. The van der Waals surface area contributed by atoms with Crippen LogP contribution in [0.2, 0.25) is 0 Å². The van der Waals surface area contributed by atoms with Gasteiger partial charge < -0.3 is 15.0 Å². The Morgan fingerprint density at radius 1 is 1.64 bits per heavy atom. The largest absolute Gasteiger partial charge is 0.394 e. The first kappa shape index (κ1) is 11.0. The van der Waals surface area contributed by atoms with E-state index in [0.29, 0.717) is 5.92 Å². The lowest BCUT2D eigenvalue weighted by atomic mass is 9.89. The molecule has 1 unspecified atom stereocenters. The van der Waals surface area contributed by atoms with Crippen LogP contribution in [0.1, 0.15) is 20.8 Å². The smallest absolute Gasteiger partial charge is 0.203 e. The van der Waals surface area contributed by atoms with Crippen molar-refractivity contribution in [1.29, 1.82) is 0 Å². The average molecular weight is 197 g/mol. The van der Waals surface area contributed by atoms with E-state index in [-0.39, 0.29) is 12.1 Å². The molecule has 1 atom stereocenters. The summed E-state index contributed by atoms with van der Waals surface area (Å²) in [6, 6.07) is 0. The molecule has 1 aromatic heterocycles. The van der Waals surface area contributed by atoms with Crippen molar-refractivity contribution in [1.82, 2.24) is 9.55 Å². The van der Waals surface area contributed by atoms with Crippen LogP contribution in [0.4, 0.5) is 5.95 Å². The normalized spacial score (nSPS) is 15.6. The molecule has 0 aliphatic carbocycles. The molecule has 1 heterocycles. The van der Waals surface area contributed by atoms with Gasteiger partial charge in [-0.25, -0.2) is 4.98 Å². The molecule has 4 nitrogen and oxygen atoms in total. The van der Waals surface area contributed by atoms with E-state index in [9.17, 15) is 5.11 Å². The third kappa shape index (κ3) is 2.07. The van der Waals surface area contributed by atoms with Crippen LogP contribution in [0.25, 0.3) is 0 Å². The van der Waals surface area contributed by atoms with Gasteiger partial charge in [0.15, 0.2) is 0 Å². The lowest BCUT2D eigenvalue weighted by Gasteiger charge is -2.33. The van der Waals surface area contributed by atoms with E-state index in [2.05, 4.69) is 24.1 Å². The number of nitrogens with zero attached hydrogens (tertiary/aromatic N) is 2. The minimum atomic E-state index is -0.320. The highest BCUT2D eigenvalue weighted by Crippen LogP contribution is 2.20. The Morgan fingerprint density at radius 2 is 2.29 bits per heavy atom. The molecule has 80 valence electrons. The van der Waals surface area contributed by atoms with Gasteiger partial charge in [-0.3, -0.25) is 0 Å². The van der Waals surface area contributed by atoms with E-state index in [1.54, 1.807) is 6.20 Å². The number of hydrogen-bond donors (Lipinski definition) is 2. The fourth-order valence-corrected chi connectivity index (χ4v) is 1.11. The van der Waals surface area contributed by atoms with E-state index < -0.39 is 0 Å². The fraction of sp³-hybridized carbons (Fsp3) is 0.700. The van der Waals surface area contributed by atoms with Crippen molar-refractivity contribution in [2.75, 3.05) is 11.9 Å². The summed E-state index contributed by atoms with van der Waals surface area (Å²) in [7, 11) is 1.92. The molecule has 2 N–H and O–H groups in total. The van der Waals surface area contributed by atoms with E-state index >= 15 is 0 Å². The number of aliphatic hydroxyl groups is 1. The molecular weight excluding hydrogens is 178 g/mol. The summed E-state index contributed by atoms with van der Waals surface area (Å²) in [5.41, 5.74) is -0.320.